The van der Waals surface area contributed by atoms with Gasteiger partial charge in [-0.25, -0.2) is 8.42 Å². The number of nitrogens with zero attached hydrogens (tertiary/aromatic N) is 2. The summed E-state index contributed by atoms with van der Waals surface area (Å²) in [7, 11) is -3.78. The van der Waals surface area contributed by atoms with Crippen molar-refractivity contribution in [3.8, 4) is 0 Å². The number of amides is 2. The molecule has 1 aliphatic rings. The number of nitrogens with one attached hydrogen (secondary N) is 1. The van der Waals surface area contributed by atoms with Gasteiger partial charge in [-0.05, 0) is 35.7 Å². The standard InChI is InChI=1S/C23H28ClN3O4S/c1-4-26(5-2)32(30,31)22-14-18(10-11-20(22)24)25-23(29)15-21-19-9-7-6-8-17(19)12-13-27(21)16(3)28/h6-11,14,21H,4-5,12-13,15H2,1-3H3,(H,25,29). The monoisotopic (exact) mass is 477 g/mol. The fraction of sp³-hybridized carbons (Fsp3) is 0.391. The van der Waals surface area contributed by atoms with E-state index in [-0.39, 0.29) is 34.2 Å². The van der Waals surface area contributed by atoms with Crippen LogP contribution in [-0.4, -0.2) is 49.1 Å². The zero-order valence-corrected chi connectivity index (χ0v) is 20.0. The van der Waals surface area contributed by atoms with E-state index in [2.05, 4.69) is 5.32 Å². The number of rotatable bonds is 7. The number of hydrogen-bond acceptors (Lipinski definition) is 4. The van der Waals surface area contributed by atoms with E-state index < -0.39 is 10.0 Å². The molecule has 0 saturated heterocycles. The van der Waals surface area contributed by atoms with E-state index in [1.54, 1.807) is 24.8 Å². The molecular weight excluding hydrogens is 450 g/mol. The van der Waals surface area contributed by atoms with Gasteiger partial charge in [-0.1, -0.05) is 49.7 Å². The average Bonchev–Trinajstić information content (AvgIpc) is 2.75. The lowest BCUT2D eigenvalue weighted by atomic mass is 9.90. The number of anilines is 1. The first-order valence-corrected chi connectivity index (χ1v) is 12.4. The molecule has 2 aromatic carbocycles. The molecule has 1 aliphatic heterocycles. The third-order valence-electron chi connectivity index (χ3n) is 5.73. The van der Waals surface area contributed by atoms with Crippen LogP contribution >= 0.6 is 11.6 Å². The Kier molecular flexibility index (Phi) is 7.59. The molecule has 0 aromatic heterocycles. The Morgan fingerprint density at radius 2 is 1.84 bits per heavy atom. The Morgan fingerprint density at radius 1 is 1.16 bits per heavy atom. The van der Waals surface area contributed by atoms with Crippen molar-refractivity contribution < 1.29 is 18.0 Å². The summed E-state index contributed by atoms with van der Waals surface area (Å²) < 4.78 is 27.1. The van der Waals surface area contributed by atoms with Gasteiger partial charge in [-0.2, -0.15) is 4.31 Å². The van der Waals surface area contributed by atoms with E-state index >= 15 is 0 Å². The second-order valence-corrected chi connectivity index (χ2v) is 9.98. The lowest BCUT2D eigenvalue weighted by molar-refractivity contribution is -0.132. The average molecular weight is 478 g/mol. The minimum atomic E-state index is -3.78. The Bertz CT molecular complexity index is 1120. The molecule has 0 spiro atoms. The number of benzene rings is 2. The summed E-state index contributed by atoms with van der Waals surface area (Å²) in [4.78, 5) is 26.8. The molecule has 2 aromatic rings. The first kappa shape index (κ1) is 24.2. The fourth-order valence-electron chi connectivity index (χ4n) is 4.12. The number of fused-ring (bicyclic) bond motifs is 1. The van der Waals surface area contributed by atoms with Gasteiger partial charge in [0, 0.05) is 32.2 Å². The van der Waals surface area contributed by atoms with E-state index in [1.165, 1.54) is 23.4 Å². The third kappa shape index (κ3) is 4.98. The summed E-state index contributed by atoms with van der Waals surface area (Å²) in [6.45, 7) is 6.19. The molecule has 0 bridgehead atoms. The van der Waals surface area contributed by atoms with Crippen molar-refractivity contribution in [1.82, 2.24) is 9.21 Å². The summed E-state index contributed by atoms with van der Waals surface area (Å²) >= 11 is 6.18. The molecule has 1 unspecified atom stereocenters. The SMILES string of the molecule is CCN(CC)S(=O)(=O)c1cc(NC(=O)CC2c3ccccc3CCN2C(C)=O)ccc1Cl. The zero-order valence-electron chi connectivity index (χ0n) is 18.5. The van der Waals surface area contributed by atoms with Gasteiger partial charge in [-0.3, -0.25) is 9.59 Å². The molecule has 1 atom stereocenters. The summed E-state index contributed by atoms with van der Waals surface area (Å²) in [6, 6.07) is 11.8. The van der Waals surface area contributed by atoms with E-state index in [9.17, 15) is 18.0 Å². The fourth-order valence-corrected chi connectivity index (χ4v) is 6.08. The maximum atomic E-state index is 12.9. The predicted octanol–water partition coefficient (Wildman–Crippen LogP) is 3.85. The first-order chi connectivity index (χ1) is 15.2. The molecule has 172 valence electrons. The summed E-state index contributed by atoms with van der Waals surface area (Å²) in [6.07, 6.45) is 0.814. The summed E-state index contributed by atoms with van der Waals surface area (Å²) in [5.74, 6) is -0.400. The summed E-state index contributed by atoms with van der Waals surface area (Å²) in [5.41, 5.74) is 2.43. The van der Waals surface area contributed by atoms with Gasteiger partial charge in [-0.15, -0.1) is 0 Å². The van der Waals surface area contributed by atoms with E-state index in [0.29, 0.717) is 25.3 Å². The highest BCUT2D eigenvalue weighted by molar-refractivity contribution is 7.89. The molecule has 2 amide bonds. The van der Waals surface area contributed by atoms with Gasteiger partial charge < -0.3 is 10.2 Å². The van der Waals surface area contributed by atoms with Crippen molar-refractivity contribution in [2.75, 3.05) is 25.0 Å². The Balaban J connectivity index is 1.84. The van der Waals surface area contributed by atoms with Gasteiger partial charge in [0.05, 0.1) is 17.5 Å². The molecule has 9 heteroatoms. The minimum absolute atomic E-state index is 0.0472. The number of hydrogen-bond donors (Lipinski definition) is 1. The van der Waals surface area contributed by atoms with Crippen LogP contribution in [0.3, 0.4) is 0 Å². The lowest BCUT2D eigenvalue weighted by Crippen LogP contribution is -2.40. The van der Waals surface area contributed by atoms with Crippen molar-refractivity contribution in [2.24, 2.45) is 0 Å². The van der Waals surface area contributed by atoms with Gasteiger partial charge in [0.25, 0.3) is 0 Å². The highest BCUT2D eigenvalue weighted by Gasteiger charge is 2.31. The number of halogens is 1. The first-order valence-electron chi connectivity index (χ1n) is 10.6. The van der Waals surface area contributed by atoms with Gasteiger partial charge >= 0.3 is 0 Å². The topological polar surface area (TPSA) is 86.8 Å². The van der Waals surface area contributed by atoms with Crippen LogP contribution in [0, 0.1) is 0 Å². The smallest absolute Gasteiger partial charge is 0.244 e. The van der Waals surface area contributed by atoms with E-state index in [1.807, 2.05) is 24.3 Å². The lowest BCUT2D eigenvalue weighted by Gasteiger charge is -2.36. The highest BCUT2D eigenvalue weighted by Crippen LogP contribution is 2.33. The molecular formula is C23H28ClN3O4S. The second kappa shape index (κ2) is 10.0. The largest absolute Gasteiger partial charge is 0.335 e. The zero-order chi connectivity index (χ0) is 23.5. The Hall–Kier alpha value is -2.42. The van der Waals surface area contributed by atoms with Crippen LogP contribution in [0.1, 0.15) is 44.4 Å². The van der Waals surface area contributed by atoms with Crippen molar-refractivity contribution in [3.05, 3.63) is 58.6 Å². The second-order valence-electron chi connectivity index (χ2n) is 7.66. The maximum absolute atomic E-state index is 12.9. The van der Waals surface area contributed by atoms with Crippen LogP contribution < -0.4 is 5.32 Å². The van der Waals surface area contributed by atoms with Gasteiger partial charge in [0.2, 0.25) is 21.8 Å². The summed E-state index contributed by atoms with van der Waals surface area (Å²) in [5, 5.41) is 2.87. The van der Waals surface area contributed by atoms with E-state index in [4.69, 9.17) is 11.6 Å². The van der Waals surface area contributed by atoms with E-state index in [0.717, 1.165) is 17.5 Å². The molecule has 0 fully saturated rings. The Morgan fingerprint density at radius 3 is 2.50 bits per heavy atom. The van der Waals surface area contributed by atoms with Crippen molar-refractivity contribution in [2.45, 2.75) is 44.6 Å². The normalized spacial score (nSPS) is 16.0. The Labute approximate surface area is 194 Å². The number of carbonyl (C=O) groups is 2. The van der Waals surface area contributed by atoms with Crippen molar-refractivity contribution in [1.29, 1.82) is 0 Å². The van der Waals surface area contributed by atoms with Crippen LogP contribution in [0.5, 0.6) is 0 Å². The number of sulfonamides is 1. The van der Waals surface area contributed by atoms with Crippen molar-refractivity contribution >= 4 is 39.1 Å². The minimum Gasteiger partial charge on any atom is -0.335 e. The van der Waals surface area contributed by atoms with Crippen LogP contribution in [0.2, 0.25) is 5.02 Å². The van der Waals surface area contributed by atoms with Crippen LogP contribution in [0.4, 0.5) is 5.69 Å². The molecule has 7 nitrogen and oxygen atoms in total. The molecule has 1 heterocycles. The van der Waals surface area contributed by atoms with Gasteiger partial charge in [0.1, 0.15) is 4.90 Å². The van der Waals surface area contributed by atoms with Crippen LogP contribution in [0.15, 0.2) is 47.4 Å². The quantitative estimate of drug-likeness (QED) is 0.656. The van der Waals surface area contributed by atoms with Crippen molar-refractivity contribution in [3.63, 3.8) is 0 Å². The third-order valence-corrected chi connectivity index (χ3v) is 8.27. The van der Waals surface area contributed by atoms with Crippen LogP contribution in [-0.2, 0) is 26.0 Å². The molecule has 3 rings (SSSR count). The predicted molar refractivity (Wildman–Crippen MR) is 125 cm³/mol. The maximum Gasteiger partial charge on any atom is 0.244 e. The molecule has 0 saturated carbocycles. The highest BCUT2D eigenvalue weighted by atomic mass is 35.5. The molecule has 0 radical (unpaired) electrons. The number of carbonyl (C=O) groups excluding carboxylic acids is 2. The molecule has 1 N–H and O–H groups in total. The van der Waals surface area contributed by atoms with Crippen LogP contribution in [0.25, 0.3) is 0 Å². The molecule has 0 aliphatic carbocycles. The molecule has 32 heavy (non-hydrogen) atoms. The van der Waals surface area contributed by atoms with Gasteiger partial charge in [0.15, 0.2) is 0 Å².